The highest BCUT2D eigenvalue weighted by Gasteiger charge is 1.83. The lowest BCUT2D eigenvalue weighted by molar-refractivity contribution is 0.457. The monoisotopic (exact) mass is 126 g/mol. The minimum atomic E-state index is -1.01. The summed E-state index contributed by atoms with van der Waals surface area (Å²) in [5.74, 6) is 0. The second-order valence-electron chi connectivity index (χ2n) is 0.605. The molecule has 2 nitrogen and oxygen atoms in total. The van der Waals surface area contributed by atoms with Gasteiger partial charge in [0.1, 0.15) is 0 Å². The fourth-order valence-electron chi connectivity index (χ4n) is 0.0833. The summed E-state index contributed by atoms with van der Waals surface area (Å²) in [6.45, 7) is 1.83. The molecule has 0 rings (SSSR count). The molecule has 0 heterocycles. The lowest BCUT2D eigenvalue weighted by atomic mass is 11.8. The van der Waals surface area contributed by atoms with Gasteiger partial charge >= 0.3 is 0 Å². The van der Waals surface area contributed by atoms with Crippen molar-refractivity contribution in [3.63, 3.8) is 0 Å². The second kappa shape index (κ2) is 3.72. The molecule has 0 spiro atoms. The Morgan fingerprint density at radius 1 is 1.83 bits per heavy atom. The van der Waals surface area contributed by atoms with Crippen molar-refractivity contribution in [1.82, 2.24) is 0 Å². The average Bonchev–Trinajstić information content (AvgIpc) is 1.65. The van der Waals surface area contributed by atoms with Gasteiger partial charge in [0, 0.05) is 7.78 Å². The van der Waals surface area contributed by atoms with Gasteiger partial charge in [-0.05, 0) is 6.66 Å². The quantitative estimate of drug-likeness (QED) is 0.504. The van der Waals surface area contributed by atoms with Gasteiger partial charge in [0.05, 0.1) is 7.11 Å². The molecule has 0 saturated carbocycles. The first kappa shape index (κ1) is 6.54. The Hall–Kier alpha value is 0.540. The Kier molecular flexibility index (Phi) is 4.06. The van der Waals surface area contributed by atoms with Gasteiger partial charge in [0.15, 0.2) is 10.7 Å². The number of hydrogen-bond acceptors (Lipinski definition) is 2. The van der Waals surface area contributed by atoms with Crippen molar-refractivity contribution < 1.29 is 8.39 Å². The number of rotatable bonds is 2. The van der Waals surface area contributed by atoms with Crippen molar-refractivity contribution in [1.29, 1.82) is 0 Å². The molecule has 4 heteroatoms. The van der Waals surface area contributed by atoms with Crippen molar-refractivity contribution in [2.45, 2.75) is 0 Å². The average molecular weight is 126 g/mol. The van der Waals surface area contributed by atoms with Crippen molar-refractivity contribution in [3.8, 4) is 0 Å². The van der Waals surface area contributed by atoms with Crippen LogP contribution in [0.3, 0.4) is 0 Å². The lowest BCUT2D eigenvalue weighted by Gasteiger charge is -1.86. The van der Waals surface area contributed by atoms with E-state index in [0.29, 0.717) is 7.78 Å². The molecule has 0 N–H and O–H groups in total. The van der Waals surface area contributed by atoms with Gasteiger partial charge < -0.3 is 0 Å². The Morgan fingerprint density at radius 3 is 2.33 bits per heavy atom. The molecule has 0 aromatic heterocycles. The van der Waals surface area contributed by atoms with Crippen LogP contribution in [0.4, 0.5) is 0 Å². The first-order chi connectivity index (χ1) is 2.81. The molecule has 2 atom stereocenters. The molecule has 6 heavy (non-hydrogen) atoms. The summed E-state index contributed by atoms with van der Waals surface area (Å²) in [4.78, 5) is 0. The summed E-state index contributed by atoms with van der Waals surface area (Å²) in [5, 5.41) is 0. The lowest BCUT2D eigenvalue weighted by Crippen LogP contribution is -1.78. The fourth-order valence-corrected chi connectivity index (χ4v) is 0.750. The highest BCUT2D eigenvalue weighted by molar-refractivity contribution is 8.36. The fraction of sp³-hybridized carbons (Fsp3) is 1.00. The van der Waals surface area contributed by atoms with E-state index in [0.717, 1.165) is 0 Å². The van der Waals surface area contributed by atoms with Crippen molar-refractivity contribution >= 4 is 18.5 Å². The van der Waals surface area contributed by atoms with Crippen LogP contribution >= 0.6 is 7.78 Å². The predicted octanol–water partition coefficient (Wildman–Crippen LogP) is 0.520. The normalized spacial score (nSPS) is 16.3. The van der Waals surface area contributed by atoms with Gasteiger partial charge in [-0.15, -0.1) is 0 Å². The molecule has 0 radical (unpaired) electrons. The Morgan fingerprint density at radius 2 is 2.33 bits per heavy atom. The van der Waals surface area contributed by atoms with E-state index >= 15 is 0 Å². The van der Waals surface area contributed by atoms with E-state index < -0.39 is 10.7 Å². The zero-order chi connectivity index (χ0) is 4.99. The third-order valence-electron chi connectivity index (χ3n) is 0.318. The van der Waals surface area contributed by atoms with Gasteiger partial charge in [0.25, 0.3) is 0 Å². The third-order valence-corrected chi connectivity index (χ3v) is 2.45. The van der Waals surface area contributed by atoms with Gasteiger partial charge in [0.2, 0.25) is 0 Å². The molecule has 0 saturated heterocycles. The maximum Gasteiger partial charge on any atom is 0.172 e. The summed E-state index contributed by atoms with van der Waals surface area (Å²) in [6, 6.07) is 0. The SMILES string of the molecule is COS(=O)PC. The van der Waals surface area contributed by atoms with Gasteiger partial charge in [-0.25, -0.2) is 4.21 Å². The van der Waals surface area contributed by atoms with E-state index in [2.05, 4.69) is 4.18 Å². The van der Waals surface area contributed by atoms with Crippen molar-refractivity contribution in [2.75, 3.05) is 13.8 Å². The number of hydrogen-bond donors (Lipinski definition) is 0. The third kappa shape index (κ3) is 2.76. The van der Waals surface area contributed by atoms with Crippen LogP contribution in [0, 0.1) is 0 Å². The summed E-state index contributed by atoms with van der Waals surface area (Å²) >= 11 is 0. The van der Waals surface area contributed by atoms with Crippen LogP contribution < -0.4 is 0 Å². The topological polar surface area (TPSA) is 26.3 Å². The molecule has 0 aliphatic heterocycles. The van der Waals surface area contributed by atoms with Crippen LogP contribution in [-0.4, -0.2) is 18.0 Å². The molecule has 0 amide bonds. The van der Waals surface area contributed by atoms with Crippen molar-refractivity contribution in [3.05, 3.63) is 0 Å². The molecular formula is C2H7O2PS. The maximum absolute atomic E-state index is 10.1. The second-order valence-corrected chi connectivity index (χ2v) is 4.04. The minimum absolute atomic E-state index is 0.382. The van der Waals surface area contributed by atoms with E-state index in [1.54, 1.807) is 0 Å². The largest absolute Gasteiger partial charge is 0.291 e. The molecular weight excluding hydrogens is 119 g/mol. The Bertz CT molecular complexity index is 49.5. The molecule has 0 aromatic rings. The minimum Gasteiger partial charge on any atom is -0.291 e. The molecule has 0 fully saturated rings. The molecule has 38 valence electrons. The Balaban J connectivity index is 2.99. The van der Waals surface area contributed by atoms with Crippen LogP contribution in [0.1, 0.15) is 0 Å². The molecule has 0 aromatic carbocycles. The van der Waals surface area contributed by atoms with Crippen LogP contribution in [-0.2, 0) is 14.9 Å². The van der Waals surface area contributed by atoms with Crippen LogP contribution in [0.15, 0.2) is 0 Å². The Labute approximate surface area is 41.5 Å². The maximum atomic E-state index is 10.1. The standard InChI is InChI=1S/C2H7O2PS/c1-4-6(3)5-2/h5H,1-2H3. The zero-order valence-corrected chi connectivity index (χ0v) is 5.54. The summed E-state index contributed by atoms with van der Waals surface area (Å²) in [7, 11) is 0.812. The van der Waals surface area contributed by atoms with Crippen LogP contribution in [0.25, 0.3) is 0 Å². The van der Waals surface area contributed by atoms with E-state index in [4.69, 9.17) is 0 Å². The van der Waals surface area contributed by atoms with Crippen LogP contribution in [0.5, 0.6) is 0 Å². The zero-order valence-electron chi connectivity index (χ0n) is 3.72. The summed E-state index contributed by atoms with van der Waals surface area (Å²) in [5.41, 5.74) is 0. The smallest absolute Gasteiger partial charge is 0.172 e. The van der Waals surface area contributed by atoms with E-state index in [-0.39, 0.29) is 0 Å². The molecule has 0 aliphatic rings. The van der Waals surface area contributed by atoms with E-state index in [1.807, 2.05) is 6.66 Å². The van der Waals surface area contributed by atoms with E-state index in [9.17, 15) is 4.21 Å². The van der Waals surface area contributed by atoms with Crippen molar-refractivity contribution in [2.24, 2.45) is 0 Å². The first-order valence-electron chi connectivity index (χ1n) is 1.45. The molecule has 2 unspecified atom stereocenters. The first-order valence-corrected chi connectivity index (χ1v) is 4.75. The van der Waals surface area contributed by atoms with Gasteiger partial charge in [-0.2, -0.15) is 0 Å². The highest BCUT2D eigenvalue weighted by atomic mass is 32.7. The predicted molar refractivity (Wildman–Crippen MR) is 29.4 cm³/mol. The van der Waals surface area contributed by atoms with Gasteiger partial charge in [-0.3, -0.25) is 4.18 Å². The molecule has 0 bridgehead atoms. The van der Waals surface area contributed by atoms with Gasteiger partial charge in [-0.1, -0.05) is 0 Å². The summed E-state index contributed by atoms with van der Waals surface area (Å²) < 4.78 is 14.5. The van der Waals surface area contributed by atoms with E-state index in [1.165, 1.54) is 7.11 Å². The highest BCUT2D eigenvalue weighted by Crippen LogP contribution is 2.08. The summed E-state index contributed by atoms with van der Waals surface area (Å²) in [6.07, 6.45) is 0. The molecule has 0 aliphatic carbocycles. The van der Waals surface area contributed by atoms with Crippen LogP contribution in [0.2, 0.25) is 0 Å².